The van der Waals surface area contributed by atoms with E-state index < -0.39 is 23.8 Å². The summed E-state index contributed by atoms with van der Waals surface area (Å²) < 4.78 is 43.8. The lowest BCUT2D eigenvalue weighted by atomic mass is 9.99. The molecular formula is C17H20F3NO3. The maximum absolute atomic E-state index is 13.0. The molecule has 1 aromatic rings. The fraction of sp³-hybridized carbons (Fsp3) is 0.529. The maximum Gasteiger partial charge on any atom is 0.416 e. The second-order valence-corrected chi connectivity index (χ2v) is 6.18. The van der Waals surface area contributed by atoms with Crippen LogP contribution in [0.4, 0.5) is 13.2 Å². The number of carbonyl (C=O) groups excluding carboxylic acids is 2. The Hall–Kier alpha value is -2.05. The molecule has 0 aromatic heterocycles. The Kier molecular flexibility index (Phi) is 5.20. The largest absolute Gasteiger partial charge is 0.466 e. The van der Waals surface area contributed by atoms with Gasteiger partial charge in [0.15, 0.2) is 0 Å². The first-order valence-electron chi connectivity index (χ1n) is 7.82. The van der Waals surface area contributed by atoms with Gasteiger partial charge in [-0.25, -0.2) is 0 Å². The zero-order valence-electron chi connectivity index (χ0n) is 13.8. The summed E-state index contributed by atoms with van der Waals surface area (Å²) in [6.45, 7) is 6.00. The van der Waals surface area contributed by atoms with Gasteiger partial charge in [-0.3, -0.25) is 9.59 Å². The third-order valence-corrected chi connectivity index (χ3v) is 3.83. The Bertz CT molecular complexity index is 640. The number of ether oxygens (including phenoxy) is 1. The normalized spacial score (nSPS) is 17.4. The Morgan fingerprint density at radius 3 is 2.54 bits per heavy atom. The lowest BCUT2D eigenvalue weighted by molar-refractivity contribution is -0.144. The van der Waals surface area contributed by atoms with Crippen LogP contribution in [0.2, 0.25) is 0 Å². The number of esters is 1. The third kappa shape index (κ3) is 3.71. The van der Waals surface area contributed by atoms with Crippen LogP contribution in [0.3, 0.4) is 0 Å². The molecule has 1 atom stereocenters. The van der Waals surface area contributed by atoms with Crippen LogP contribution in [0.1, 0.15) is 54.7 Å². The molecule has 132 valence electrons. The molecule has 24 heavy (non-hydrogen) atoms. The van der Waals surface area contributed by atoms with E-state index in [0.29, 0.717) is 6.54 Å². The minimum atomic E-state index is -4.50. The second kappa shape index (κ2) is 6.83. The minimum absolute atomic E-state index is 0.120. The zero-order valence-corrected chi connectivity index (χ0v) is 13.8. The van der Waals surface area contributed by atoms with Crippen LogP contribution >= 0.6 is 0 Å². The van der Waals surface area contributed by atoms with Gasteiger partial charge >= 0.3 is 12.1 Å². The van der Waals surface area contributed by atoms with Crippen molar-refractivity contribution in [1.82, 2.24) is 4.90 Å². The predicted molar refractivity (Wildman–Crippen MR) is 81.3 cm³/mol. The van der Waals surface area contributed by atoms with E-state index in [1.54, 1.807) is 6.92 Å². The van der Waals surface area contributed by atoms with E-state index in [-0.39, 0.29) is 36.0 Å². The first-order chi connectivity index (χ1) is 11.1. The molecule has 0 spiro atoms. The number of halogens is 3. The molecule has 1 amide bonds. The van der Waals surface area contributed by atoms with Crippen molar-refractivity contribution in [3.05, 3.63) is 34.9 Å². The van der Waals surface area contributed by atoms with Crippen molar-refractivity contribution in [2.45, 2.75) is 39.4 Å². The molecule has 0 fully saturated rings. The van der Waals surface area contributed by atoms with Crippen molar-refractivity contribution in [1.29, 1.82) is 0 Å². The van der Waals surface area contributed by atoms with Gasteiger partial charge in [0.05, 0.1) is 24.6 Å². The van der Waals surface area contributed by atoms with E-state index in [1.165, 1.54) is 11.0 Å². The van der Waals surface area contributed by atoms with Crippen molar-refractivity contribution >= 4 is 11.9 Å². The summed E-state index contributed by atoms with van der Waals surface area (Å²) in [5, 5.41) is 0. The average Bonchev–Trinajstić information content (AvgIpc) is 2.71. The SMILES string of the molecule is CCOC(=O)CC1c2cc(C(F)(F)F)ccc2C(=O)N1CC(C)C. The monoisotopic (exact) mass is 343 g/mol. The summed E-state index contributed by atoms with van der Waals surface area (Å²) in [5.74, 6) is -0.758. The van der Waals surface area contributed by atoms with Crippen molar-refractivity contribution in [3.63, 3.8) is 0 Å². The second-order valence-electron chi connectivity index (χ2n) is 6.18. The van der Waals surface area contributed by atoms with E-state index in [2.05, 4.69) is 0 Å². The van der Waals surface area contributed by atoms with Crippen LogP contribution in [0, 0.1) is 5.92 Å². The molecule has 0 saturated heterocycles. The standard InChI is InChI=1S/C17H20F3NO3/c1-4-24-15(22)8-14-13-7-11(17(18,19)20)5-6-12(13)16(23)21(14)9-10(2)3/h5-7,10,14H,4,8-9H2,1-3H3. The van der Waals surface area contributed by atoms with Gasteiger partial charge in [0.1, 0.15) is 0 Å². The van der Waals surface area contributed by atoms with Crippen molar-refractivity contribution < 1.29 is 27.5 Å². The molecule has 0 saturated carbocycles. The fourth-order valence-corrected chi connectivity index (χ4v) is 2.88. The number of benzene rings is 1. The van der Waals surface area contributed by atoms with E-state index in [9.17, 15) is 22.8 Å². The zero-order chi connectivity index (χ0) is 18.1. The lowest BCUT2D eigenvalue weighted by Crippen LogP contribution is -2.33. The van der Waals surface area contributed by atoms with E-state index in [1.807, 2.05) is 13.8 Å². The Morgan fingerprint density at radius 1 is 1.33 bits per heavy atom. The number of alkyl halides is 3. The Labute approximate surface area is 138 Å². The highest BCUT2D eigenvalue weighted by molar-refractivity contribution is 5.99. The van der Waals surface area contributed by atoms with Gasteiger partial charge in [-0.05, 0) is 36.6 Å². The average molecular weight is 343 g/mol. The maximum atomic E-state index is 13.0. The smallest absolute Gasteiger partial charge is 0.416 e. The highest BCUT2D eigenvalue weighted by atomic mass is 19.4. The van der Waals surface area contributed by atoms with Gasteiger partial charge in [0.25, 0.3) is 5.91 Å². The van der Waals surface area contributed by atoms with Gasteiger partial charge in [-0.15, -0.1) is 0 Å². The quantitative estimate of drug-likeness (QED) is 0.764. The first-order valence-corrected chi connectivity index (χ1v) is 7.82. The van der Waals surface area contributed by atoms with Crippen molar-refractivity contribution in [2.24, 2.45) is 5.92 Å². The molecule has 0 N–H and O–H groups in total. The van der Waals surface area contributed by atoms with Crippen LogP contribution in [-0.2, 0) is 15.7 Å². The van der Waals surface area contributed by atoms with E-state index in [0.717, 1.165) is 12.1 Å². The number of hydrogen-bond donors (Lipinski definition) is 0. The molecule has 1 unspecified atom stereocenters. The topological polar surface area (TPSA) is 46.6 Å². The summed E-state index contributed by atoms with van der Waals surface area (Å²) >= 11 is 0. The molecule has 2 rings (SSSR count). The van der Waals surface area contributed by atoms with E-state index >= 15 is 0 Å². The van der Waals surface area contributed by atoms with Crippen molar-refractivity contribution in [3.8, 4) is 0 Å². The summed E-state index contributed by atoms with van der Waals surface area (Å²) in [6, 6.07) is 2.34. The molecule has 0 aliphatic carbocycles. The van der Waals surface area contributed by atoms with Gasteiger partial charge in [0.2, 0.25) is 0 Å². The van der Waals surface area contributed by atoms with Crippen molar-refractivity contribution in [2.75, 3.05) is 13.2 Å². The molecule has 1 heterocycles. The fourth-order valence-electron chi connectivity index (χ4n) is 2.88. The predicted octanol–water partition coefficient (Wildman–Crippen LogP) is 3.81. The lowest BCUT2D eigenvalue weighted by Gasteiger charge is -2.26. The number of fused-ring (bicyclic) bond motifs is 1. The van der Waals surface area contributed by atoms with E-state index in [4.69, 9.17) is 4.74 Å². The molecule has 7 heteroatoms. The summed E-state index contributed by atoms with van der Waals surface area (Å²) in [7, 11) is 0. The van der Waals surface area contributed by atoms with Crippen LogP contribution in [0.5, 0.6) is 0 Å². The number of nitrogens with zero attached hydrogens (tertiary/aromatic N) is 1. The number of rotatable bonds is 5. The number of amides is 1. The summed E-state index contributed by atoms with van der Waals surface area (Å²) in [5.41, 5.74) is -0.365. The summed E-state index contributed by atoms with van der Waals surface area (Å²) in [4.78, 5) is 25.8. The van der Waals surface area contributed by atoms with Gasteiger partial charge in [0, 0.05) is 12.1 Å². The molecule has 1 aromatic carbocycles. The number of hydrogen-bond acceptors (Lipinski definition) is 3. The van der Waals surface area contributed by atoms with Gasteiger partial charge in [-0.1, -0.05) is 13.8 Å². The molecule has 1 aliphatic heterocycles. The van der Waals surface area contributed by atoms with Crippen LogP contribution in [0.25, 0.3) is 0 Å². The third-order valence-electron chi connectivity index (χ3n) is 3.83. The number of carbonyl (C=O) groups is 2. The van der Waals surface area contributed by atoms with Gasteiger partial charge < -0.3 is 9.64 Å². The van der Waals surface area contributed by atoms with Gasteiger partial charge in [-0.2, -0.15) is 13.2 Å². The Balaban J connectivity index is 2.43. The molecule has 0 bridgehead atoms. The molecule has 0 radical (unpaired) electrons. The highest BCUT2D eigenvalue weighted by Gasteiger charge is 2.40. The van der Waals surface area contributed by atoms with Crippen LogP contribution in [-0.4, -0.2) is 29.9 Å². The molecular weight excluding hydrogens is 323 g/mol. The molecule has 1 aliphatic rings. The first kappa shape index (κ1) is 18.3. The van der Waals surface area contributed by atoms with Crippen LogP contribution < -0.4 is 0 Å². The van der Waals surface area contributed by atoms with Crippen LogP contribution in [0.15, 0.2) is 18.2 Å². The highest BCUT2D eigenvalue weighted by Crippen LogP contribution is 2.40. The summed E-state index contributed by atoms with van der Waals surface area (Å²) in [6.07, 6.45) is -4.65. The molecule has 4 nitrogen and oxygen atoms in total. The Morgan fingerprint density at radius 2 is 2.00 bits per heavy atom. The minimum Gasteiger partial charge on any atom is -0.466 e.